The zero-order valence-electron chi connectivity index (χ0n) is 20.5. The van der Waals surface area contributed by atoms with Gasteiger partial charge in [-0.3, -0.25) is 9.59 Å². The summed E-state index contributed by atoms with van der Waals surface area (Å²) in [6.07, 6.45) is 3.84. The van der Waals surface area contributed by atoms with Crippen molar-refractivity contribution in [1.29, 1.82) is 0 Å². The number of carbonyl (C=O) groups excluding carboxylic acids is 4. The van der Waals surface area contributed by atoms with Gasteiger partial charge in [0.15, 0.2) is 0 Å². The molecule has 0 bridgehead atoms. The standard InChI is InChI=1S/C24H37N3O7/c1-6-14-12-24(14,21(31)33-5)26-19(29)17-11-15(28)13-27(17)20(30)18(23(2,3)4)25-22(32)34-16-9-7-8-10-16/h6,14-18,28H,1,7-13H2,2-5H3,(H,25,32)(H,26,29)/t14?,15-,17-,18+,24?/m0/s1. The molecule has 3 aliphatic rings. The van der Waals surface area contributed by atoms with Crippen molar-refractivity contribution in [3.05, 3.63) is 12.7 Å². The number of alkyl carbamates (subject to hydrolysis) is 1. The molecule has 1 saturated heterocycles. The third-order valence-corrected chi connectivity index (χ3v) is 7.01. The number of amides is 3. The van der Waals surface area contributed by atoms with E-state index in [4.69, 9.17) is 9.47 Å². The Morgan fingerprint density at radius 2 is 1.85 bits per heavy atom. The third kappa shape index (κ3) is 5.37. The van der Waals surface area contributed by atoms with E-state index in [9.17, 15) is 24.3 Å². The molecule has 10 heteroatoms. The van der Waals surface area contributed by atoms with Crippen molar-refractivity contribution in [2.24, 2.45) is 11.3 Å². The number of nitrogens with one attached hydrogen (secondary N) is 2. The highest BCUT2D eigenvalue weighted by Gasteiger charge is 2.62. The lowest BCUT2D eigenvalue weighted by Gasteiger charge is -2.35. The fraction of sp³-hybridized carbons (Fsp3) is 0.750. The Morgan fingerprint density at radius 3 is 2.38 bits per heavy atom. The van der Waals surface area contributed by atoms with Crippen molar-refractivity contribution < 1.29 is 33.8 Å². The highest BCUT2D eigenvalue weighted by molar-refractivity contribution is 5.96. The Labute approximate surface area is 200 Å². The minimum Gasteiger partial charge on any atom is -0.467 e. The normalized spacial score (nSPS) is 29.8. The van der Waals surface area contributed by atoms with Gasteiger partial charge in [-0.15, -0.1) is 6.58 Å². The van der Waals surface area contributed by atoms with Crippen molar-refractivity contribution in [2.75, 3.05) is 13.7 Å². The quantitative estimate of drug-likeness (QED) is 0.370. The summed E-state index contributed by atoms with van der Waals surface area (Å²) in [5.74, 6) is -1.89. The predicted molar refractivity (Wildman–Crippen MR) is 122 cm³/mol. The zero-order chi connectivity index (χ0) is 25.3. The molecule has 3 fully saturated rings. The first-order chi connectivity index (χ1) is 15.9. The second-order valence-corrected chi connectivity index (χ2v) is 10.6. The van der Waals surface area contributed by atoms with Gasteiger partial charge in [0.1, 0.15) is 23.7 Å². The van der Waals surface area contributed by atoms with Crippen LogP contribution < -0.4 is 10.6 Å². The average molecular weight is 480 g/mol. The number of hydrogen-bond donors (Lipinski definition) is 3. The lowest BCUT2D eigenvalue weighted by Crippen LogP contribution is -2.59. The number of esters is 1. The number of hydrogen-bond acceptors (Lipinski definition) is 7. The number of methoxy groups -OCH3 is 1. The van der Waals surface area contributed by atoms with E-state index in [2.05, 4.69) is 17.2 Å². The highest BCUT2D eigenvalue weighted by atomic mass is 16.6. The van der Waals surface area contributed by atoms with E-state index in [1.165, 1.54) is 12.0 Å². The van der Waals surface area contributed by atoms with Crippen LogP contribution in [0.2, 0.25) is 0 Å². The van der Waals surface area contributed by atoms with Crippen molar-refractivity contribution in [1.82, 2.24) is 15.5 Å². The van der Waals surface area contributed by atoms with Crippen molar-refractivity contribution in [3.8, 4) is 0 Å². The number of aliphatic hydroxyl groups is 1. The van der Waals surface area contributed by atoms with Gasteiger partial charge in [0.2, 0.25) is 11.8 Å². The summed E-state index contributed by atoms with van der Waals surface area (Å²) in [4.78, 5) is 52.9. The summed E-state index contributed by atoms with van der Waals surface area (Å²) in [6, 6.07) is -1.97. The van der Waals surface area contributed by atoms with Crippen LogP contribution in [0.4, 0.5) is 4.79 Å². The van der Waals surface area contributed by atoms with E-state index in [0.29, 0.717) is 6.42 Å². The Hall–Kier alpha value is -2.62. The van der Waals surface area contributed by atoms with Crippen LogP contribution in [-0.2, 0) is 23.9 Å². The maximum absolute atomic E-state index is 13.6. The predicted octanol–water partition coefficient (Wildman–Crippen LogP) is 1.27. The zero-order valence-corrected chi connectivity index (χ0v) is 20.5. The number of rotatable bonds is 7. The third-order valence-electron chi connectivity index (χ3n) is 7.01. The summed E-state index contributed by atoms with van der Waals surface area (Å²) in [7, 11) is 1.24. The number of nitrogens with zero attached hydrogens (tertiary/aromatic N) is 1. The summed E-state index contributed by atoms with van der Waals surface area (Å²) < 4.78 is 10.3. The van der Waals surface area contributed by atoms with Gasteiger partial charge < -0.3 is 30.1 Å². The summed E-state index contributed by atoms with van der Waals surface area (Å²) >= 11 is 0. The first-order valence-corrected chi connectivity index (χ1v) is 11.9. The number of carbonyl (C=O) groups is 4. The molecular weight excluding hydrogens is 442 g/mol. The molecule has 0 radical (unpaired) electrons. The molecule has 2 aliphatic carbocycles. The molecule has 3 rings (SSSR count). The minimum atomic E-state index is -1.21. The molecule has 0 spiro atoms. The number of ether oxygens (including phenoxy) is 2. The van der Waals surface area contributed by atoms with Crippen molar-refractivity contribution in [2.45, 2.75) is 89.1 Å². The molecule has 5 atom stereocenters. The van der Waals surface area contributed by atoms with E-state index in [-0.39, 0.29) is 25.0 Å². The van der Waals surface area contributed by atoms with Crippen LogP contribution in [0.3, 0.4) is 0 Å². The average Bonchev–Trinajstić information content (AvgIpc) is 3.07. The smallest absolute Gasteiger partial charge is 0.408 e. The van der Waals surface area contributed by atoms with Gasteiger partial charge in [-0.1, -0.05) is 26.8 Å². The Kier molecular flexibility index (Phi) is 7.59. The van der Waals surface area contributed by atoms with Gasteiger partial charge in [0.05, 0.1) is 13.2 Å². The fourth-order valence-corrected chi connectivity index (χ4v) is 4.92. The second-order valence-electron chi connectivity index (χ2n) is 10.6. The molecule has 0 aromatic heterocycles. The molecule has 0 aromatic rings. The minimum absolute atomic E-state index is 0.0248. The molecular formula is C24H37N3O7. The molecule has 2 unspecified atom stereocenters. The van der Waals surface area contributed by atoms with Crippen LogP contribution in [0.5, 0.6) is 0 Å². The van der Waals surface area contributed by atoms with E-state index in [1.54, 1.807) is 26.8 Å². The largest absolute Gasteiger partial charge is 0.467 e. The maximum Gasteiger partial charge on any atom is 0.408 e. The van der Waals surface area contributed by atoms with Crippen molar-refractivity contribution >= 4 is 23.9 Å². The van der Waals surface area contributed by atoms with Crippen LogP contribution in [0.1, 0.15) is 59.3 Å². The molecule has 3 N–H and O–H groups in total. The van der Waals surface area contributed by atoms with Crippen LogP contribution in [0.25, 0.3) is 0 Å². The van der Waals surface area contributed by atoms with E-state index in [1.807, 2.05) is 0 Å². The number of β-amino-alcohol motifs (C(OH)–C–C–N with tert-alkyl or cyclic N) is 1. The van der Waals surface area contributed by atoms with Crippen LogP contribution >= 0.6 is 0 Å². The van der Waals surface area contributed by atoms with Gasteiger partial charge in [0, 0.05) is 18.9 Å². The molecule has 2 saturated carbocycles. The summed E-state index contributed by atoms with van der Waals surface area (Å²) in [5, 5.41) is 15.7. The first kappa shape index (κ1) is 26.0. The molecule has 10 nitrogen and oxygen atoms in total. The highest BCUT2D eigenvalue weighted by Crippen LogP contribution is 2.45. The summed E-state index contributed by atoms with van der Waals surface area (Å²) in [5.41, 5.74) is -1.89. The van der Waals surface area contributed by atoms with Gasteiger partial charge in [0.25, 0.3) is 0 Å². The Bertz CT molecular complexity index is 833. The SMILES string of the molecule is C=CC1CC1(NC(=O)[C@@H]1C[C@H](O)CN1C(=O)[C@@H](NC(=O)OC1CCCC1)C(C)(C)C)C(=O)OC. The van der Waals surface area contributed by atoms with Gasteiger partial charge in [-0.25, -0.2) is 9.59 Å². The molecule has 190 valence electrons. The topological polar surface area (TPSA) is 134 Å². The van der Waals surface area contributed by atoms with Crippen LogP contribution in [-0.4, -0.2) is 77.4 Å². The molecule has 34 heavy (non-hydrogen) atoms. The van der Waals surface area contributed by atoms with Gasteiger partial charge in [-0.05, 0) is 37.5 Å². The molecule has 1 heterocycles. The van der Waals surface area contributed by atoms with E-state index < -0.39 is 53.0 Å². The first-order valence-electron chi connectivity index (χ1n) is 11.9. The second kappa shape index (κ2) is 9.93. The van der Waals surface area contributed by atoms with Crippen LogP contribution in [0, 0.1) is 11.3 Å². The Morgan fingerprint density at radius 1 is 1.21 bits per heavy atom. The lowest BCUT2D eigenvalue weighted by molar-refractivity contribution is -0.148. The monoisotopic (exact) mass is 479 g/mol. The molecule has 1 aliphatic heterocycles. The molecule has 0 aromatic carbocycles. The van der Waals surface area contributed by atoms with Gasteiger partial charge >= 0.3 is 12.1 Å². The van der Waals surface area contributed by atoms with E-state index >= 15 is 0 Å². The Balaban J connectivity index is 1.74. The van der Waals surface area contributed by atoms with Gasteiger partial charge in [-0.2, -0.15) is 0 Å². The fourth-order valence-electron chi connectivity index (χ4n) is 4.92. The maximum atomic E-state index is 13.6. The van der Waals surface area contributed by atoms with E-state index in [0.717, 1.165) is 25.7 Å². The molecule has 3 amide bonds. The lowest BCUT2D eigenvalue weighted by atomic mass is 9.85. The summed E-state index contributed by atoms with van der Waals surface area (Å²) in [6.45, 7) is 9.05. The van der Waals surface area contributed by atoms with Crippen molar-refractivity contribution in [3.63, 3.8) is 0 Å². The number of aliphatic hydroxyl groups excluding tert-OH is 1. The number of likely N-dealkylation sites (tertiary alicyclic amines) is 1. The van der Waals surface area contributed by atoms with Crippen LogP contribution in [0.15, 0.2) is 12.7 Å².